The average Bonchev–Trinajstić information content (AvgIpc) is 2.67. The molecule has 0 unspecified atom stereocenters. The Kier molecular flexibility index (Phi) is 6.34. The molecule has 0 heterocycles. The lowest BCUT2D eigenvalue weighted by Crippen LogP contribution is -2.00. The fourth-order valence-electron chi connectivity index (χ4n) is 3.17. The summed E-state index contributed by atoms with van der Waals surface area (Å²) in [6, 6.07) is 12.7. The van der Waals surface area contributed by atoms with Crippen molar-refractivity contribution in [1.29, 1.82) is 0 Å². The summed E-state index contributed by atoms with van der Waals surface area (Å²) in [5, 5.41) is 0. The molecule has 156 valence electrons. The molecule has 0 saturated heterocycles. The van der Waals surface area contributed by atoms with Crippen LogP contribution in [0.4, 0.5) is 26.3 Å². The Bertz CT molecular complexity index is 1040. The number of halogens is 6. The predicted molar refractivity (Wildman–Crippen MR) is 106 cm³/mol. The summed E-state index contributed by atoms with van der Waals surface area (Å²) in [6.07, 6.45) is -2.24. The lowest BCUT2D eigenvalue weighted by molar-refractivity contribution is -0.0790. The highest BCUT2D eigenvalue weighted by molar-refractivity contribution is 5.72. The Labute approximate surface area is 170 Å². The van der Waals surface area contributed by atoms with E-state index in [1.54, 1.807) is 12.1 Å². The molecule has 30 heavy (non-hydrogen) atoms. The van der Waals surface area contributed by atoms with Gasteiger partial charge in [-0.05, 0) is 52.9 Å². The molecule has 0 aliphatic heterocycles. The van der Waals surface area contributed by atoms with E-state index in [9.17, 15) is 26.3 Å². The highest BCUT2D eigenvalue weighted by Crippen LogP contribution is 2.32. The molecule has 0 amide bonds. The predicted octanol–water partition coefficient (Wildman–Crippen LogP) is 7.97. The maximum absolute atomic E-state index is 14.7. The molecule has 0 N–H and O–H groups in total. The second-order valence-electron chi connectivity index (χ2n) is 6.87. The third kappa shape index (κ3) is 5.12. The first kappa shape index (κ1) is 21.7. The van der Waals surface area contributed by atoms with E-state index in [1.807, 2.05) is 12.1 Å². The minimum atomic E-state index is -4.59. The molecule has 3 rings (SSSR count). The normalized spacial score (nSPS) is 12.0. The van der Waals surface area contributed by atoms with Crippen LogP contribution in [-0.4, -0.2) is 6.18 Å². The molecule has 0 aliphatic rings. The van der Waals surface area contributed by atoms with Gasteiger partial charge in [0.05, 0.1) is 5.56 Å². The second-order valence-corrected chi connectivity index (χ2v) is 6.87. The minimum Gasteiger partial charge on any atom is -0.206 e. The van der Waals surface area contributed by atoms with Gasteiger partial charge in [0.1, 0.15) is 17.5 Å². The highest BCUT2D eigenvalue weighted by Gasteiger charge is 2.22. The zero-order chi connectivity index (χ0) is 21.9. The van der Waals surface area contributed by atoms with Gasteiger partial charge in [-0.2, -0.15) is 13.2 Å². The van der Waals surface area contributed by atoms with Crippen LogP contribution in [0.1, 0.15) is 24.5 Å². The number of rotatable bonds is 5. The molecule has 3 aromatic carbocycles. The molecule has 0 atom stereocenters. The van der Waals surface area contributed by atoms with E-state index in [4.69, 9.17) is 0 Å². The Hall–Kier alpha value is -3.02. The average molecular weight is 420 g/mol. The first-order valence-corrected chi connectivity index (χ1v) is 9.32. The molecule has 0 spiro atoms. The van der Waals surface area contributed by atoms with Crippen LogP contribution in [0.5, 0.6) is 0 Å². The lowest BCUT2D eigenvalue weighted by atomic mass is 9.97. The van der Waals surface area contributed by atoms with Gasteiger partial charge < -0.3 is 0 Å². The van der Waals surface area contributed by atoms with Crippen LogP contribution in [0.15, 0.2) is 60.7 Å². The summed E-state index contributed by atoms with van der Waals surface area (Å²) in [5.41, 5.74) is 1.22. The largest absolute Gasteiger partial charge is 0.409 e. The number of benzene rings is 3. The molecule has 6 heteroatoms. The maximum Gasteiger partial charge on any atom is 0.409 e. The second kappa shape index (κ2) is 8.78. The van der Waals surface area contributed by atoms with E-state index in [0.717, 1.165) is 42.7 Å². The van der Waals surface area contributed by atoms with Gasteiger partial charge in [0.15, 0.2) is 0 Å². The topological polar surface area (TPSA) is 0 Å². The molecule has 0 bridgehead atoms. The van der Waals surface area contributed by atoms with Gasteiger partial charge in [-0.25, -0.2) is 13.2 Å². The van der Waals surface area contributed by atoms with Crippen LogP contribution in [0.2, 0.25) is 0 Å². The van der Waals surface area contributed by atoms with Gasteiger partial charge in [0.2, 0.25) is 0 Å². The van der Waals surface area contributed by atoms with Crippen LogP contribution < -0.4 is 0 Å². The van der Waals surface area contributed by atoms with Crippen LogP contribution in [-0.2, 0) is 6.42 Å². The summed E-state index contributed by atoms with van der Waals surface area (Å²) >= 11 is 0. The van der Waals surface area contributed by atoms with E-state index in [-0.39, 0.29) is 17.2 Å². The van der Waals surface area contributed by atoms with Crippen molar-refractivity contribution in [3.05, 3.63) is 89.3 Å². The zero-order valence-electron chi connectivity index (χ0n) is 16.0. The van der Waals surface area contributed by atoms with Gasteiger partial charge in [0, 0.05) is 11.6 Å². The van der Waals surface area contributed by atoms with Crippen LogP contribution in [0.3, 0.4) is 0 Å². The van der Waals surface area contributed by atoms with Crippen molar-refractivity contribution in [3.8, 4) is 22.3 Å². The molecule has 0 nitrogen and oxygen atoms in total. The number of aryl methyl sites for hydroxylation is 1. The number of hydrogen-bond donors (Lipinski definition) is 0. The van der Waals surface area contributed by atoms with Crippen molar-refractivity contribution >= 4 is 6.08 Å². The molecule has 0 aliphatic carbocycles. The van der Waals surface area contributed by atoms with Gasteiger partial charge >= 0.3 is 6.18 Å². The number of alkyl halides is 3. The third-order valence-corrected chi connectivity index (χ3v) is 4.61. The fourth-order valence-corrected chi connectivity index (χ4v) is 3.17. The van der Waals surface area contributed by atoms with E-state index in [2.05, 4.69) is 6.92 Å². The van der Waals surface area contributed by atoms with E-state index in [1.165, 1.54) is 6.07 Å². The SMILES string of the molecule is CCCc1ccc(-c2cc(F)c(-c3ccc(C=CC(F)(F)F)c(F)c3)c(F)c2)cc1. The first-order chi connectivity index (χ1) is 14.2. The Morgan fingerprint density at radius 2 is 1.30 bits per heavy atom. The number of allylic oxidation sites excluding steroid dienone is 1. The molecule has 0 radical (unpaired) electrons. The van der Waals surface area contributed by atoms with Gasteiger partial charge in [-0.3, -0.25) is 0 Å². The highest BCUT2D eigenvalue weighted by atomic mass is 19.4. The van der Waals surface area contributed by atoms with Crippen molar-refractivity contribution in [1.82, 2.24) is 0 Å². The smallest absolute Gasteiger partial charge is 0.206 e. The van der Waals surface area contributed by atoms with Crippen molar-refractivity contribution in [2.45, 2.75) is 25.9 Å². The molecule has 0 aromatic heterocycles. The molecular formula is C24H18F6. The van der Waals surface area contributed by atoms with Crippen LogP contribution in [0, 0.1) is 17.5 Å². The molecule has 0 fully saturated rings. The van der Waals surface area contributed by atoms with Gasteiger partial charge in [0.25, 0.3) is 0 Å². The quantitative estimate of drug-likeness (QED) is 0.367. The van der Waals surface area contributed by atoms with Crippen LogP contribution in [0.25, 0.3) is 28.3 Å². The summed E-state index contributed by atoms with van der Waals surface area (Å²) in [7, 11) is 0. The van der Waals surface area contributed by atoms with E-state index >= 15 is 0 Å². The molecule has 0 saturated carbocycles. The van der Waals surface area contributed by atoms with Crippen LogP contribution >= 0.6 is 0 Å². The fraction of sp³-hybridized carbons (Fsp3) is 0.167. The summed E-state index contributed by atoms with van der Waals surface area (Å²) < 4.78 is 80.3. The van der Waals surface area contributed by atoms with E-state index in [0.29, 0.717) is 17.2 Å². The van der Waals surface area contributed by atoms with Crippen molar-refractivity contribution in [2.24, 2.45) is 0 Å². The van der Waals surface area contributed by atoms with E-state index < -0.39 is 29.2 Å². The Morgan fingerprint density at radius 1 is 0.733 bits per heavy atom. The maximum atomic E-state index is 14.7. The van der Waals surface area contributed by atoms with Crippen molar-refractivity contribution in [3.63, 3.8) is 0 Å². The third-order valence-electron chi connectivity index (χ3n) is 4.61. The van der Waals surface area contributed by atoms with Gasteiger partial charge in [-0.1, -0.05) is 49.7 Å². The minimum absolute atomic E-state index is 0.100. The summed E-state index contributed by atoms with van der Waals surface area (Å²) in [4.78, 5) is 0. The Morgan fingerprint density at radius 3 is 1.83 bits per heavy atom. The summed E-state index contributed by atoms with van der Waals surface area (Å²) in [6.45, 7) is 2.05. The van der Waals surface area contributed by atoms with Crippen molar-refractivity contribution < 1.29 is 26.3 Å². The molecular weight excluding hydrogens is 402 g/mol. The Balaban J connectivity index is 1.94. The van der Waals surface area contributed by atoms with Crippen molar-refractivity contribution in [2.75, 3.05) is 0 Å². The zero-order valence-corrected chi connectivity index (χ0v) is 16.0. The monoisotopic (exact) mass is 420 g/mol. The lowest BCUT2D eigenvalue weighted by Gasteiger charge is -2.10. The first-order valence-electron chi connectivity index (χ1n) is 9.32. The number of hydrogen-bond acceptors (Lipinski definition) is 0. The summed E-state index contributed by atoms with van der Waals surface area (Å²) in [5.74, 6) is -2.79. The van der Waals surface area contributed by atoms with Gasteiger partial charge in [-0.15, -0.1) is 0 Å². The standard InChI is InChI=1S/C24H18F6/c1-2-3-15-4-6-16(7-5-15)19-13-21(26)23(22(27)14-19)18-9-8-17(20(25)12-18)10-11-24(28,29)30/h4-14H,2-3H2,1H3. The molecule has 3 aromatic rings.